The third-order valence-electron chi connectivity index (χ3n) is 6.10. The normalized spacial score (nSPS) is 13.7. The predicted octanol–water partition coefficient (Wildman–Crippen LogP) is 4.28. The third kappa shape index (κ3) is 4.12. The van der Waals surface area contributed by atoms with Crippen molar-refractivity contribution in [2.75, 3.05) is 45.3 Å². The fourth-order valence-corrected chi connectivity index (χ4v) is 4.28. The lowest BCUT2D eigenvalue weighted by Crippen LogP contribution is -2.49. The molecule has 0 spiro atoms. The fourth-order valence-electron chi connectivity index (χ4n) is 4.28. The number of aromatic nitrogens is 2. The number of amides is 1. The van der Waals surface area contributed by atoms with Crippen LogP contribution in [-0.2, 0) is 0 Å². The highest BCUT2D eigenvalue weighted by molar-refractivity contribution is 5.95. The SMILES string of the molecule is COc1cc2nc(-c3ccccc3)nc(N3CCN(C(=O)c4ccccc4)CC3)c2cc1OC. The van der Waals surface area contributed by atoms with Gasteiger partial charge in [-0.15, -0.1) is 0 Å². The molecule has 172 valence electrons. The minimum atomic E-state index is 0.0594. The van der Waals surface area contributed by atoms with Gasteiger partial charge in [0.05, 0.1) is 19.7 Å². The molecule has 4 aromatic rings. The zero-order valence-electron chi connectivity index (χ0n) is 19.3. The van der Waals surface area contributed by atoms with Crippen LogP contribution in [0.5, 0.6) is 11.5 Å². The maximum atomic E-state index is 12.9. The molecule has 0 aliphatic carbocycles. The highest BCUT2D eigenvalue weighted by atomic mass is 16.5. The summed E-state index contributed by atoms with van der Waals surface area (Å²) in [6.45, 7) is 2.58. The lowest BCUT2D eigenvalue weighted by atomic mass is 10.1. The molecule has 1 saturated heterocycles. The summed E-state index contributed by atoms with van der Waals surface area (Å²) in [4.78, 5) is 26.8. The number of methoxy groups -OCH3 is 2. The second kappa shape index (κ2) is 9.39. The minimum absolute atomic E-state index is 0.0594. The number of rotatable bonds is 5. The van der Waals surface area contributed by atoms with Crippen molar-refractivity contribution in [2.45, 2.75) is 0 Å². The van der Waals surface area contributed by atoms with Crippen molar-refractivity contribution in [3.05, 3.63) is 78.4 Å². The van der Waals surface area contributed by atoms with Gasteiger partial charge in [-0.2, -0.15) is 0 Å². The molecule has 0 N–H and O–H groups in total. The van der Waals surface area contributed by atoms with Gasteiger partial charge >= 0.3 is 0 Å². The van der Waals surface area contributed by atoms with Gasteiger partial charge in [0.25, 0.3) is 5.91 Å². The molecule has 1 aliphatic heterocycles. The first-order chi connectivity index (χ1) is 16.7. The van der Waals surface area contributed by atoms with Crippen LogP contribution in [0.3, 0.4) is 0 Å². The molecule has 5 rings (SSSR count). The Hall–Kier alpha value is -4.13. The molecule has 3 aromatic carbocycles. The van der Waals surface area contributed by atoms with Crippen LogP contribution in [0.4, 0.5) is 5.82 Å². The van der Waals surface area contributed by atoms with Crippen LogP contribution in [0.25, 0.3) is 22.3 Å². The van der Waals surface area contributed by atoms with E-state index in [0.29, 0.717) is 49.1 Å². The van der Waals surface area contributed by atoms with Crippen molar-refractivity contribution in [3.8, 4) is 22.9 Å². The van der Waals surface area contributed by atoms with Gasteiger partial charge in [0, 0.05) is 48.8 Å². The Kier molecular flexibility index (Phi) is 5.99. The van der Waals surface area contributed by atoms with Crippen molar-refractivity contribution in [1.29, 1.82) is 0 Å². The van der Waals surface area contributed by atoms with Crippen LogP contribution in [0, 0.1) is 0 Å². The van der Waals surface area contributed by atoms with Crippen LogP contribution in [0.2, 0.25) is 0 Å². The highest BCUT2D eigenvalue weighted by Crippen LogP contribution is 2.36. The van der Waals surface area contributed by atoms with Crippen LogP contribution in [0.15, 0.2) is 72.8 Å². The van der Waals surface area contributed by atoms with Crippen molar-refractivity contribution in [1.82, 2.24) is 14.9 Å². The Balaban J connectivity index is 1.51. The molecule has 0 saturated carbocycles. The quantitative estimate of drug-likeness (QED) is 0.449. The molecular formula is C27H26N4O3. The first-order valence-corrected chi connectivity index (χ1v) is 11.3. The molecule has 7 nitrogen and oxygen atoms in total. The first-order valence-electron chi connectivity index (χ1n) is 11.3. The lowest BCUT2D eigenvalue weighted by molar-refractivity contribution is 0.0746. The van der Waals surface area contributed by atoms with Gasteiger partial charge in [0.1, 0.15) is 5.82 Å². The Bertz CT molecular complexity index is 1300. The summed E-state index contributed by atoms with van der Waals surface area (Å²) in [6.07, 6.45) is 0. The van der Waals surface area contributed by atoms with Gasteiger partial charge < -0.3 is 19.3 Å². The maximum absolute atomic E-state index is 12.9. The molecule has 0 atom stereocenters. The largest absolute Gasteiger partial charge is 0.493 e. The van der Waals surface area contributed by atoms with Crippen molar-refractivity contribution < 1.29 is 14.3 Å². The number of carbonyl (C=O) groups excluding carboxylic acids is 1. The lowest BCUT2D eigenvalue weighted by Gasteiger charge is -2.36. The van der Waals surface area contributed by atoms with Crippen molar-refractivity contribution >= 4 is 22.6 Å². The van der Waals surface area contributed by atoms with E-state index in [2.05, 4.69) is 4.90 Å². The summed E-state index contributed by atoms with van der Waals surface area (Å²) >= 11 is 0. The monoisotopic (exact) mass is 454 g/mol. The molecule has 1 aliphatic rings. The van der Waals surface area contributed by atoms with Crippen molar-refractivity contribution in [3.63, 3.8) is 0 Å². The summed E-state index contributed by atoms with van der Waals surface area (Å²) in [5.74, 6) is 2.79. The van der Waals surface area contributed by atoms with E-state index in [9.17, 15) is 4.79 Å². The molecule has 0 bridgehead atoms. The number of carbonyl (C=O) groups is 1. The number of hydrogen-bond acceptors (Lipinski definition) is 6. The van der Waals surface area contributed by atoms with Gasteiger partial charge in [0.15, 0.2) is 17.3 Å². The summed E-state index contributed by atoms with van der Waals surface area (Å²) in [6, 6.07) is 23.2. The van der Waals surface area contributed by atoms with Gasteiger partial charge in [0.2, 0.25) is 0 Å². The summed E-state index contributed by atoms with van der Waals surface area (Å²) in [7, 11) is 3.24. The number of anilines is 1. The molecule has 7 heteroatoms. The molecule has 0 unspecified atom stereocenters. The summed E-state index contributed by atoms with van der Waals surface area (Å²) < 4.78 is 11.1. The van der Waals surface area contributed by atoms with E-state index < -0.39 is 0 Å². The Morgan fingerprint density at radius 2 is 1.41 bits per heavy atom. The smallest absolute Gasteiger partial charge is 0.253 e. The highest BCUT2D eigenvalue weighted by Gasteiger charge is 2.25. The summed E-state index contributed by atoms with van der Waals surface area (Å²) in [5.41, 5.74) is 2.44. The predicted molar refractivity (Wildman–Crippen MR) is 133 cm³/mol. The van der Waals surface area contributed by atoms with Gasteiger partial charge in [-0.1, -0.05) is 48.5 Å². The van der Waals surface area contributed by atoms with E-state index in [-0.39, 0.29) is 5.91 Å². The Labute approximate surface area is 198 Å². The van der Waals surface area contributed by atoms with Crippen LogP contribution in [0.1, 0.15) is 10.4 Å². The zero-order valence-corrected chi connectivity index (χ0v) is 19.3. The molecule has 1 aromatic heterocycles. The number of piperazine rings is 1. The van der Waals surface area contributed by atoms with E-state index in [4.69, 9.17) is 19.4 Å². The van der Waals surface area contributed by atoms with Gasteiger partial charge in [-0.3, -0.25) is 4.79 Å². The van der Waals surface area contributed by atoms with Gasteiger partial charge in [-0.05, 0) is 18.2 Å². The minimum Gasteiger partial charge on any atom is -0.493 e. The zero-order chi connectivity index (χ0) is 23.5. The second-order valence-electron chi connectivity index (χ2n) is 8.11. The number of nitrogens with zero attached hydrogens (tertiary/aromatic N) is 4. The van der Waals surface area contributed by atoms with Crippen molar-refractivity contribution in [2.24, 2.45) is 0 Å². The fraction of sp³-hybridized carbons (Fsp3) is 0.222. The van der Waals surface area contributed by atoms with E-state index in [1.54, 1.807) is 14.2 Å². The van der Waals surface area contributed by atoms with Crippen LogP contribution in [-0.4, -0.2) is 61.2 Å². The maximum Gasteiger partial charge on any atom is 0.253 e. The number of ether oxygens (including phenoxy) is 2. The molecular weight excluding hydrogens is 428 g/mol. The van der Waals surface area contributed by atoms with Crippen LogP contribution < -0.4 is 14.4 Å². The van der Waals surface area contributed by atoms with E-state index in [0.717, 1.165) is 22.3 Å². The average Bonchev–Trinajstić information content (AvgIpc) is 2.92. The first kappa shape index (κ1) is 21.7. The Morgan fingerprint density at radius 1 is 0.794 bits per heavy atom. The number of benzene rings is 3. The average molecular weight is 455 g/mol. The van der Waals surface area contributed by atoms with E-state index >= 15 is 0 Å². The van der Waals surface area contributed by atoms with Crippen LogP contribution >= 0.6 is 0 Å². The summed E-state index contributed by atoms with van der Waals surface area (Å²) in [5, 5.41) is 0.889. The number of fused-ring (bicyclic) bond motifs is 1. The molecule has 2 heterocycles. The van der Waals surface area contributed by atoms with E-state index in [1.165, 1.54) is 0 Å². The van der Waals surface area contributed by atoms with Gasteiger partial charge in [-0.25, -0.2) is 9.97 Å². The second-order valence-corrected chi connectivity index (χ2v) is 8.11. The third-order valence-corrected chi connectivity index (χ3v) is 6.10. The molecule has 34 heavy (non-hydrogen) atoms. The molecule has 0 radical (unpaired) electrons. The van der Waals surface area contributed by atoms with E-state index in [1.807, 2.05) is 77.7 Å². The number of hydrogen-bond donors (Lipinski definition) is 0. The standard InChI is InChI=1S/C27H26N4O3/c1-33-23-17-21-22(18-24(23)34-2)28-25(19-9-5-3-6-10-19)29-26(21)30-13-15-31(16-14-30)27(32)20-11-7-4-8-12-20/h3-12,17-18H,13-16H2,1-2H3. The Morgan fingerprint density at radius 3 is 2.06 bits per heavy atom. The molecule has 1 fully saturated rings. The topological polar surface area (TPSA) is 67.8 Å². The molecule has 1 amide bonds.